The van der Waals surface area contributed by atoms with Crippen LogP contribution in [0.2, 0.25) is 0 Å². The normalized spacial score (nSPS) is 11.5. The van der Waals surface area contributed by atoms with Gasteiger partial charge in [0.15, 0.2) is 0 Å². The van der Waals surface area contributed by atoms with E-state index in [0.29, 0.717) is 23.2 Å². The molecule has 0 unspecified atom stereocenters. The molecule has 0 heterocycles. The van der Waals surface area contributed by atoms with E-state index in [1.165, 1.54) is 6.07 Å². The molecule has 4 nitrogen and oxygen atoms in total. The number of rotatable bonds is 6. The van der Waals surface area contributed by atoms with E-state index in [2.05, 4.69) is 0 Å². The van der Waals surface area contributed by atoms with Crippen LogP contribution in [-0.2, 0) is 16.4 Å². The molecule has 2 aromatic rings. The molecule has 23 heavy (non-hydrogen) atoms. The van der Waals surface area contributed by atoms with Crippen LogP contribution >= 0.6 is 0 Å². The molecule has 1 N–H and O–H groups in total. The molecule has 0 fully saturated rings. The third-order valence-corrected chi connectivity index (χ3v) is 4.77. The largest absolute Gasteiger partial charge is 0.394 e. The van der Waals surface area contributed by atoms with Crippen LogP contribution < -0.4 is 4.31 Å². The highest BCUT2D eigenvalue weighted by molar-refractivity contribution is 7.92. The van der Waals surface area contributed by atoms with Crippen LogP contribution in [-0.4, -0.2) is 32.9 Å². The molecule has 124 valence electrons. The molecule has 0 radical (unpaired) electrons. The number of halogens is 1. The minimum atomic E-state index is -3.65. The van der Waals surface area contributed by atoms with E-state index in [4.69, 9.17) is 0 Å². The summed E-state index contributed by atoms with van der Waals surface area (Å²) < 4.78 is 40.0. The Morgan fingerprint density at radius 1 is 1.13 bits per heavy atom. The lowest BCUT2D eigenvalue weighted by Crippen LogP contribution is -2.34. The predicted octanol–water partition coefficient (Wildman–Crippen LogP) is 2.81. The van der Waals surface area contributed by atoms with Gasteiger partial charge in [0, 0.05) is 5.56 Å². The second-order valence-corrected chi connectivity index (χ2v) is 7.12. The van der Waals surface area contributed by atoms with E-state index < -0.39 is 15.8 Å². The topological polar surface area (TPSA) is 57.6 Å². The van der Waals surface area contributed by atoms with Crippen molar-refractivity contribution in [3.8, 4) is 11.1 Å². The third kappa shape index (κ3) is 3.71. The number of aliphatic hydroxyl groups excluding tert-OH is 1. The van der Waals surface area contributed by atoms with Gasteiger partial charge >= 0.3 is 0 Å². The maximum absolute atomic E-state index is 14.6. The summed E-state index contributed by atoms with van der Waals surface area (Å²) in [5, 5.41) is 9.26. The lowest BCUT2D eigenvalue weighted by Gasteiger charge is -2.27. The van der Waals surface area contributed by atoms with E-state index in [1.54, 1.807) is 30.3 Å². The van der Waals surface area contributed by atoms with Crippen molar-refractivity contribution in [2.45, 2.75) is 13.3 Å². The molecule has 0 aliphatic rings. The number of nitrogens with zero attached hydrogens (tertiary/aromatic N) is 1. The SMILES string of the molecule is CCc1ccc(F)c(-c2ccccc2)c1N(CCO)S(C)(=O)=O. The van der Waals surface area contributed by atoms with Crippen molar-refractivity contribution in [3.05, 3.63) is 53.8 Å². The molecule has 0 bridgehead atoms. The summed E-state index contributed by atoms with van der Waals surface area (Å²) in [6, 6.07) is 11.8. The highest BCUT2D eigenvalue weighted by Gasteiger charge is 2.25. The minimum Gasteiger partial charge on any atom is -0.394 e. The van der Waals surface area contributed by atoms with Crippen LogP contribution in [0.25, 0.3) is 11.1 Å². The standard InChI is InChI=1S/C17H20FNO3S/c1-3-13-9-10-15(18)16(14-7-5-4-6-8-14)17(13)19(11-12-20)23(2,21)22/h4-10,20H,3,11-12H2,1-2H3. The second kappa shape index (κ2) is 7.10. The summed E-state index contributed by atoms with van der Waals surface area (Å²) in [4.78, 5) is 0. The molecule has 0 saturated carbocycles. The van der Waals surface area contributed by atoms with Gasteiger partial charge in [0.2, 0.25) is 10.0 Å². The van der Waals surface area contributed by atoms with Crippen molar-refractivity contribution >= 4 is 15.7 Å². The molecule has 0 aliphatic carbocycles. The summed E-state index contributed by atoms with van der Waals surface area (Å²) in [6.45, 7) is 1.42. The monoisotopic (exact) mass is 337 g/mol. The van der Waals surface area contributed by atoms with Crippen LogP contribution in [0.3, 0.4) is 0 Å². The van der Waals surface area contributed by atoms with E-state index >= 15 is 0 Å². The van der Waals surface area contributed by atoms with Gasteiger partial charge in [0.05, 0.1) is 25.1 Å². The number of benzene rings is 2. The highest BCUT2D eigenvalue weighted by atomic mass is 32.2. The van der Waals surface area contributed by atoms with Crippen molar-refractivity contribution in [2.24, 2.45) is 0 Å². The van der Waals surface area contributed by atoms with Crippen molar-refractivity contribution in [3.63, 3.8) is 0 Å². The summed E-state index contributed by atoms with van der Waals surface area (Å²) in [6.07, 6.45) is 1.61. The van der Waals surface area contributed by atoms with Crippen LogP contribution in [0.15, 0.2) is 42.5 Å². The van der Waals surface area contributed by atoms with Crippen LogP contribution in [0.4, 0.5) is 10.1 Å². The molecule has 0 atom stereocenters. The van der Waals surface area contributed by atoms with E-state index in [-0.39, 0.29) is 18.7 Å². The summed E-state index contributed by atoms with van der Waals surface area (Å²) in [5.41, 5.74) is 1.85. The smallest absolute Gasteiger partial charge is 0.232 e. The number of aliphatic hydroxyl groups is 1. The van der Waals surface area contributed by atoms with Gasteiger partial charge in [0.1, 0.15) is 5.82 Å². The van der Waals surface area contributed by atoms with Crippen molar-refractivity contribution < 1.29 is 17.9 Å². The third-order valence-electron chi connectivity index (χ3n) is 3.61. The van der Waals surface area contributed by atoms with Gasteiger partial charge in [-0.15, -0.1) is 0 Å². The number of aryl methyl sites for hydroxylation is 1. The first kappa shape index (κ1) is 17.4. The van der Waals surface area contributed by atoms with Gasteiger partial charge in [-0.1, -0.05) is 43.3 Å². The first-order chi connectivity index (χ1) is 10.9. The molecule has 2 rings (SSSR count). The Kier molecular flexibility index (Phi) is 5.38. The molecule has 0 amide bonds. The zero-order valence-electron chi connectivity index (χ0n) is 13.2. The fourth-order valence-electron chi connectivity index (χ4n) is 2.59. The lowest BCUT2D eigenvalue weighted by atomic mass is 9.98. The molecule has 0 aromatic heterocycles. The summed E-state index contributed by atoms with van der Waals surface area (Å²) in [7, 11) is -3.65. The summed E-state index contributed by atoms with van der Waals surface area (Å²) in [5.74, 6) is -0.491. The Balaban J connectivity index is 2.81. The Hall–Kier alpha value is -1.92. The predicted molar refractivity (Wildman–Crippen MR) is 90.5 cm³/mol. The zero-order chi connectivity index (χ0) is 17.0. The van der Waals surface area contributed by atoms with Crippen LogP contribution in [0.1, 0.15) is 12.5 Å². The number of hydrogen-bond acceptors (Lipinski definition) is 3. The van der Waals surface area contributed by atoms with Crippen molar-refractivity contribution in [2.75, 3.05) is 23.7 Å². The average molecular weight is 337 g/mol. The average Bonchev–Trinajstić information content (AvgIpc) is 2.52. The van der Waals surface area contributed by atoms with Gasteiger partial charge in [-0.3, -0.25) is 4.31 Å². The quantitative estimate of drug-likeness (QED) is 0.882. The Morgan fingerprint density at radius 2 is 1.78 bits per heavy atom. The van der Waals surface area contributed by atoms with Crippen LogP contribution in [0.5, 0.6) is 0 Å². The molecule has 0 aliphatic heterocycles. The lowest BCUT2D eigenvalue weighted by molar-refractivity contribution is 0.306. The Labute approximate surface area is 136 Å². The fourth-order valence-corrected chi connectivity index (χ4v) is 3.55. The van der Waals surface area contributed by atoms with E-state index in [1.807, 2.05) is 13.0 Å². The number of anilines is 1. The number of sulfonamides is 1. The van der Waals surface area contributed by atoms with Gasteiger partial charge in [-0.05, 0) is 23.6 Å². The van der Waals surface area contributed by atoms with Crippen molar-refractivity contribution in [1.82, 2.24) is 0 Å². The Bertz CT molecular complexity index is 776. The van der Waals surface area contributed by atoms with E-state index in [9.17, 15) is 17.9 Å². The molecule has 0 saturated heterocycles. The Morgan fingerprint density at radius 3 is 2.30 bits per heavy atom. The maximum atomic E-state index is 14.6. The zero-order valence-corrected chi connectivity index (χ0v) is 14.0. The second-order valence-electron chi connectivity index (χ2n) is 5.21. The van der Waals surface area contributed by atoms with Crippen molar-refractivity contribution in [1.29, 1.82) is 0 Å². The maximum Gasteiger partial charge on any atom is 0.232 e. The molecule has 2 aromatic carbocycles. The van der Waals surface area contributed by atoms with Crippen LogP contribution in [0, 0.1) is 5.82 Å². The molecular formula is C17H20FNO3S. The van der Waals surface area contributed by atoms with Gasteiger partial charge < -0.3 is 5.11 Å². The first-order valence-electron chi connectivity index (χ1n) is 7.35. The molecule has 6 heteroatoms. The van der Waals surface area contributed by atoms with Gasteiger partial charge in [0.25, 0.3) is 0 Å². The fraction of sp³-hybridized carbons (Fsp3) is 0.294. The van der Waals surface area contributed by atoms with Gasteiger partial charge in [-0.25, -0.2) is 12.8 Å². The van der Waals surface area contributed by atoms with E-state index in [0.717, 1.165) is 10.6 Å². The molecule has 0 spiro atoms. The minimum absolute atomic E-state index is 0.116. The first-order valence-corrected chi connectivity index (χ1v) is 9.20. The highest BCUT2D eigenvalue weighted by Crippen LogP contribution is 2.37. The summed E-state index contributed by atoms with van der Waals surface area (Å²) >= 11 is 0. The van der Waals surface area contributed by atoms with Gasteiger partial charge in [-0.2, -0.15) is 0 Å². The number of hydrogen-bond donors (Lipinski definition) is 1. The molecular weight excluding hydrogens is 317 g/mol.